The number of rotatable bonds is 5. The quantitative estimate of drug-likeness (QED) is 0.853. The minimum absolute atomic E-state index is 0.241. The number of carbonyl (C=O) groups excluding carboxylic acids is 1. The molecule has 0 aliphatic heterocycles. The molecule has 112 valence electrons. The number of hydrogen-bond acceptors (Lipinski definition) is 3. The van der Waals surface area contributed by atoms with Gasteiger partial charge in [-0.15, -0.1) is 0 Å². The molecule has 1 atom stereocenters. The third-order valence-electron chi connectivity index (χ3n) is 2.27. The van der Waals surface area contributed by atoms with Crippen molar-refractivity contribution in [3.8, 4) is 5.75 Å². The van der Waals surface area contributed by atoms with Gasteiger partial charge in [0.2, 0.25) is 0 Å². The Balaban J connectivity index is 2.59. The van der Waals surface area contributed by atoms with Crippen LogP contribution < -0.4 is 10.1 Å². The highest BCUT2D eigenvalue weighted by molar-refractivity contribution is 9.10. The zero-order valence-electron chi connectivity index (χ0n) is 10.5. The summed E-state index contributed by atoms with van der Waals surface area (Å²) in [5.74, 6) is -0.646. The molecule has 0 aliphatic carbocycles. The Hall–Kier alpha value is -1.28. The summed E-state index contributed by atoms with van der Waals surface area (Å²) in [5, 5.41) is 11.2. The molecule has 8 heteroatoms. The summed E-state index contributed by atoms with van der Waals surface area (Å²) >= 11 is 3.22. The molecule has 0 saturated heterocycles. The fourth-order valence-corrected chi connectivity index (χ4v) is 1.75. The van der Waals surface area contributed by atoms with Crippen LogP contribution in [0.5, 0.6) is 5.75 Å². The Bertz CT molecular complexity index is 478. The molecule has 20 heavy (non-hydrogen) atoms. The molecule has 1 aromatic rings. The van der Waals surface area contributed by atoms with Gasteiger partial charge in [0.15, 0.2) is 6.61 Å². The van der Waals surface area contributed by atoms with Gasteiger partial charge in [0.1, 0.15) is 12.3 Å². The van der Waals surface area contributed by atoms with Crippen LogP contribution in [0.25, 0.3) is 0 Å². The van der Waals surface area contributed by atoms with Gasteiger partial charge in [-0.2, -0.15) is 13.2 Å². The van der Waals surface area contributed by atoms with Gasteiger partial charge in [0.25, 0.3) is 5.91 Å². The van der Waals surface area contributed by atoms with Crippen molar-refractivity contribution < 1.29 is 27.8 Å². The fourth-order valence-electron chi connectivity index (χ4n) is 1.37. The number of nitrogens with one attached hydrogen (secondary N) is 1. The third kappa shape index (κ3) is 5.79. The van der Waals surface area contributed by atoms with E-state index in [4.69, 9.17) is 4.74 Å². The number of aliphatic hydroxyl groups is 1. The molecule has 0 spiro atoms. The lowest BCUT2D eigenvalue weighted by molar-refractivity contribution is -0.139. The van der Waals surface area contributed by atoms with Gasteiger partial charge in [-0.05, 0) is 25.1 Å². The second kappa shape index (κ2) is 6.94. The second-order valence-electron chi connectivity index (χ2n) is 4.04. The number of amides is 1. The van der Waals surface area contributed by atoms with E-state index in [1.165, 1.54) is 13.0 Å². The number of alkyl halides is 3. The first-order chi connectivity index (χ1) is 9.19. The summed E-state index contributed by atoms with van der Waals surface area (Å²) in [5.41, 5.74) is 0.433. The first-order valence-corrected chi connectivity index (χ1v) is 6.42. The maximum atomic E-state index is 11.9. The van der Waals surface area contributed by atoms with E-state index in [-0.39, 0.29) is 5.75 Å². The van der Waals surface area contributed by atoms with Crippen LogP contribution in [-0.4, -0.2) is 30.3 Å². The molecular formula is C12H13BrF3NO3. The van der Waals surface area contributed by atoms with Crippen LogP contribution in [-0.2, 0) is 4.79 Å². The van der Waals surface area contributed by atoms with Crippen LogP contribution in [0.3, 0.4) is 0 Å². The van der Waals surface area contributed by atoms with Crippen molar-refractivity contribution in [1.82, 2.24) is 5.32 Å². The van der Waals surface area contributed by atoms with Crippen LogP contribution in [0.15, 0.2) is 22.7 Å². The normalized spacial score (nSPS) is 12.9. The van der Waals surface area contributed by atoms with Gasteiger partial charge in [-0.25, -0.2) is 0 Å². The topological polar surface area (TPSA) is 58.6 Å². The van der Waals surface area contributed by atoms with E-state index in [1.807, 2.05) is 0 Å². The van der Waals surface area contributed by atoms with Crippen molar-refractivity contribution in [2.75, 3.05) is 13.2 Å². The lowest BCUT2D eigenvalue weighted by Gasteiger charge is -2.14. The number of benzene rings is 1. The van der Waals surface area contributed by atoms with E-state index in [2.05, 4.69) is 15.9 Å². The predicted molar refractivity (Wildman–Crippen MR) is 69.3 cm³/mol. The summed E-state index contributed by atoms with van der Waals surface area (Å²) in [6.07, 6.45) is -5.29. The van der Waals surface area contributed by atoms with E-state index in [1.54, 1.807) is 17.4 Å². The lowest BCUT2D eigenvalue weighted by atomic mass is 10.1. The van der Waals surface area contributed by atoms with Crippen molar-refractivity contribution in [2.45, 2.75) is 19.2 Å². The molecule has 1 amide bonds. The van der Waals surface area contributed by atoms with Gasteiger partial charge >= 0.3 is 6.18 Å². The summed E-state index contributed by atoms with van der Waals surface area (Å²) in [4.78, 5) is 11.2. The molecule has 1 rings (SSSR count). The second-order valence-corrected chi connectivity index (χ2v) is 4.95. The average molecular weight is 356 g/mol. The third-order valence-corrected chi connectivity index (χ3v) is 2.76. The molecule has 1 aromatic carbocycles. The first-order valence-electron chi connectivity index (χ1n) is 5.63. The molecule has 0 aliphatic rings. The molecule has 0 fully saturated rings. The van der Waals surface area contributed by atoms with Crippen molar-refractivity contribution in [3.05, 3.63) is 28.2 Å². The van der Waals surface area contributed by atoms with Crippen molar-refractivity contribution >= 4 is 21.8 Å². The van der Waals surface area contributed by atoms with Gasteiger partial charge in [-0.3, -0.25) is 4.79 Å². The van der Waals surface area contributed by atoms with E-state index in [0.717, 1.165) is 0 Å². The van der Waals surface area contributed by atoms with Gasteiger partial charge in [-0.1, -0.05) is 15.9 Å². The predicted octanol–water partition coefficient (Wildman–Crippen LogP) is 2.56. The molecule has 1 unspecified atom stereocenters. The Labute approximate surface area is 122 Å². The molecular weight excluding hydrogens is 343 g/mol. The summed E-state index contributed by atoms with van der Waals surface area (Å²) < 4.78 is 41.5. The molecule has 0 saturated carbocycles. The smallest absolute Gasteiger partial charge is 0.405 e. The molecule has 2 N–H and O–H groups in total. The molecule has 0 aromatic heterocycles. The minimum atomic E-state index is -4.46. The largest absolute Gasteiger partial charge is 0.483 e. The summed E-state index contributed by atoms with van der Waals surface area (Å²) in [7, 11) is 0. The Morgan fingerprint density at radius 1 is 1.50 bits per heavy atom. The Kier molecular flexibility index (Phi) is 5.82. The van der Waals surface area contributed by atoms with E-state index in [9.17, 15) is 23.1 Å². The maximum Gasteiger partial charge on any atom is 0.405 e. The van der Waals surface area contributed by atoms with Crippen LogP contribution in [0.1, 0.15) is 18.6 Å². The molecule has 0 heterocycles. The molecule has 0 bridgehead atoms. The van der Waals surface area contributed by atoms with Crippen molar-refractivity contribution in [2.24, 2.45) is 0 Å². The van der Waals surface area contributed by atoms with Crippen molar-refractivity contribution in [1.29, 1.82) is 0 Å². The minimum Gasteiger partial charge on any atom is -0.483 e. The number of hydrogen-bond donors (Lipinski definition) is 2. The number of ether oxygens (including phenoxy) is 1. The number of carbonyl (C=O) groups is 1. The van der Waals surface area contributed by atoms with Crippen LogP contribution in [0.4, 0.5) is 13.2 Å². The lowest BCUT2D eigenvalue weighted by Crippen LogP contribution is -2.36. The summed E-state index contributed by atoms with van der Waals surface area (Å²) in [6.45, 7) is -0.450. The Morgan fingerprint density at radius 2 is 2.15 bits per heavy atom. The maximum absolute atomic E-state index is 11.9. The monoisotopic (exact) mass is 355 g/mol. The SMILES string of the molecule is CC(O)c1cc(Br)ccc1OCC(=O)NCC(F)(F)F. The fraction of sp³-hybridized carbons (Fsp3) is 0.417. The van der Waals surface area contributed by atoms with Crippen LogP contribution >= 0.6 is 15.9 Å². The van der Waals surface area contributed by atoms with Crippen LogP contribution in [0.2, 0.25) is 0 Å². The number of aliphatic hydroxyl groups excluding tert-OH is 1. The van der Waals surface area contributed by atoms with Crippen molar-refractivity contribution in [3.63, 3.8) is 0 Å². The zero-order valence-corrected chi connectivity index (χ0v) is 12.1. The van der Waals surface area contributed by atoms with Crippen LogP contribution in [0, 0.1) is 0 Å². The van der Waals surface area contributed by atoms with E-state index >= 15 is 0 Å². The highest BCUT2D eigenvalue weighted by Gasteiger charge is 2.27. The first kappa shape index (κ1) is 16.8. The highest BCUT2D eigenvalue weighted by Crippen LogP contribution is 2.28. The zero-order chi connectivity index (χ0) is 15.3. The van der Waals surface area contributed by atoms with E-state index in [0.29, 0.717) is 10.0 Å². The average Bonchev–Trinajstić information content (AvgIpc) is 2.33. The van der Waals surface area contributed by atoms with Gasteiger partial charge < -0.3 is 15.2 Å². The standard InChI is InChI=1S/C12H13BrF3NO3/c1-7(18)9-4-8(13)2-3-10(9)20-5-11(19)17-6-12(14,15)16/h2-4,7,18H,5-6H2,1H3,(H,17,19). The highest BCUT2D eigenvalue weighted by atomic mass is 79.9. The Morgan fingerprint density at radius 3 is 2.70 bits per heavy atom. The molecule has 0 radical (unpaired) electrons. The van der Waals surface area contributed by atoms with Gasteiger partial charge in [0.05, 0.1) is 6.10 Å². The number of halogens is 4. The molecule has 4 nitrogen and oxygen atoms in total. The van der Waals surface area contributed by atoms with E-state index < -0.39 is 31.3 Å². The van der Waals surface area contributed by atoms with Gasteiger partial charge in [0, 0.05) is 10.0 Å². The summed E-state index contributed by atoms with van der Waals surface area (Å²) in [6, 6.07) is 4.76.